The number of carbonyl (C=O) groups is 1. The van der Waals surface area contributed by atoms with Crippen molar-refractivity contribution in [3.05, 3.63) is 35.4 Å². The first-order valence-electron chi connectivity index (χ1n) is 5.94. The van der Waals surface area contributed by atoms with Crippen LogP contribution < -0.4 is 11.1 Å². The summed E-state index contributed by atoms with van der Waals surface area (Å²) in [5.41, 5.74) is 5.20. The largest absolute Gasteiger partial charge is 0.349 e. The minimum atomic E-state index is -0.572. The van der Waals surface area contributed by atoms with Crippen LogP contribution in [0.15, 0.2) is 18.2 Å². The van der Waals surface area contributed by atoms with Gasteiger partial charge in [-0.3, -0.25) is 4.79 Å². The fourth-order valence-corrected chi connectivity index (χ4v) is 1.95. The second-order valence-electron chi connectivity index (χ2n) is 4.85. The van der Waals surface area contributed by atoms with Gasteiger partial charge in [-0.05, 0) is 38.0 Å². The summed E-state index contributed by atoms with van der Waals surface area (Å²) in [5.74, 6) is -1.23. The third kappa shape index (κ3) is 2.36. The van der Waals surface area contributed by atoms with Crippen LogP contribution in [0.5, 0.6) is 0 Å². The molecule has 0 radical (unpaired) electrons. The standard InChI is InChI=1S/C13H16F2N2O/c1-8(10-6-9(14)2-3-11(10)15)17-12(18)13(7-16)4-5-13/h2-3,6,8H,4-5,7,16H2,1H3,(H,17,18). The van der Waals surface area contributed by atoms with E-state index >= 15 is 0 Å². The number of rotatable bonds is 4. The first-order chi connectivity index (χ1) is 8.48. The average Bonchev–Trinajstić information content (AvgIpc) is 3.13. The van der Waals surface area contributed by atoms with Crippen molar-refractivity contribution in [2.45, 2.75) is 25.8 Å². The van der Waals surface area contributed by atoms with Gasteiger partial charge in [0.2, 0.25) is 5.91 Å². The van der Waals surface area contributed by atoms with Crippen LogP contribution in [0.1, 0.15) is 31.4 Å². The van der Waals surface area contributed by atoms with Crippen molar-refractivity contribution in [1.82, 2.24) is 5.32 Å². The zero-order valence-electron chi connectivity index (χ0n) is 10.2. The van der Waals surface area contributed by atoms with Gasteiger partial charge in [0.25, 0.3) is 0 Å². The van der Waals surface area contributed by atoms with E-state index in [1.54, 1.807) is 6.92 Å². The molecule has 5 heteroatoms. The molecule has 0 heterocycles. The van der Waals surface area contributed by atoms with Crippen LogP contribution in [-0.4, -0.2) is 12.5 Å². The van der Waals surface area contributed by atoms with Crippen molar-refractivity contribution >= 4 is 5.91 Å². The Balaban J connectivity index is 2.10. The van der Waals surface area contributed by atoms with Crippen LogP contribution in [0.2, 0.25) is 0 Å². The first kappa shape index (κ1) is 13.0. The molecule has 0 aliphatic heterocycles. The fraction of sp³-hybridized carbons (Fsp3) is 0.462. The van der Waals surface area contributed by atoms with Gasteiger partial charge in [0.05, 0.1) is 11.5 Å². The molecule has 1 unspecified atom stereocenters. The number of hydrogen-bond donors (Lipinski definition) is 2. The van der Waals surface area contributed by atoms with Gasteiger partial charge in [-0.1, -0.05) is 0 Å². The first-order valence-corrected chi connectivity index (χ1v) is 5.94. The molecule has 1 amide bonds. The number of benzene rings is 1. The second-order valence-corrected chi connectivity index (χ2v) is 4.85. The number of hydrogen-bond acceptors (Lipinski definition) is 2. The SMILES string of the molecule is CC(NC(=O)C1(CN)CC1)c1cc(F)ccc1F. The van der Waals surface area contributed by atoms with Gasteiger partial charge in [-0.25, -0.2) is 8.78 Å². The normalized spacial score (nSPS) is 18.2. The van der Waals surface area contributed by atoms with Crippen LogP contribution in [0.4, 0.5) is 8.78 Å². The third-order valence-corrected chi connectivity index (χ3v) is 3.50. The van der Waals surface area contributed by atoms with Crippen molar-refractivity contribution in [1.29, 1.82) is 0 Å². The van der Waals surface area contributed by atoms with Crippen LogP contribution in [-0.2, 0) is 4.79 Å². The van der Waals surface area contributed by atoms with Crippen LogP contribution >= 0.6 is 0 Å². The smallest absolute Gasteiger partial charge is 0.227 e. The Kier molecular flexibility index (Phi) is 3.34. The quantitative estimate of drug-likeness (QED) is 0.862. The number of carbonyl (C=O) groups excluding carboxylic acids is 1. The highest BCUT2D eigenvalue weighted by Gasteiger charge is 2.48. The minimum absolute atomic E-state index is 0.149. The molecule has 1 aliphatic rings. The molecular weight excluding hydrogens is 238 g/mol. The van der Waals surface area contributed by atoms with E-state index in [9.17, 15) is 13.6 Å². The summed E-state index contributed by atoms with van der Waals surface area (Å²) < 4.78 is 26.6. The Morgan fingerprint density at radius 2 is 2.17 bits per heavy atom. The van der Waals surface area contributed by atoms with E-state index in [2.05, 4.69) is 5.32 Å². The molecule has 0 saturated heterocycles. The van der Waals surface area contributed by atoms with E-state index in [4.69, 9.17) is 5.73 Å². The van der Waals surface area contributed by atoms with Crippen molar-refractivity contribution in [2.24, 2.45) is 11.1 Å². The summed E-state index contributed by atoms with van der Waals surface area (Å²) in [6, 6.07) is 2.64. The summed E-state index contributed by atoms with van der Waals surface area (Å²) in [7, 11) is 0. The van der Waals surface area contributed by atoms with E-state index in [-0.39, 0.29) is 18.0 Å². The summed E-state index contributed by atoms with van der Waals surface area (Å²) >= 11 is 0. The van der Waals surface area contributed by atoms with Gasteiger partial charge in [0.15, 0.2) is 0 Å². The monoisotopic (exact) mass is 254 g/mol. The maximum Gasteiger partial charge on any atom is 0.227 e. The van der Waals surface area contributed by atoms with Gasteiger partial charge in [-0.15, -0.1) is 0 Å². The highest BCUT2D eigenvalue weighted by molar-refractivity contribution is 5.85. The average molecular weight is 254 g/mol. The molecule has 3 N–H and O–H groups in total. The van der Waals surface area contributed by atoms with Gasteiger partial charge in [0.1, 0.15) is 11.6 Å². The van der Waals surface area contributed by atoms with E-state index in [0.29, 0.717) is 0 Å². The van der Waals surface area contributed by atoms with Crippen molar-refractivity contribution in [3.63, 3.8) is 0 Å². The topological polar surface area (TPSA) is 55.1 Å². The van der Waals surface area contributed by atoms with Crippen molar-refractivity contribution < 1.29 is 13.6 Å². The highest BCUT2D eigenvalue weighted by atomic mass is 19.1. The molecule has 1 atom stereocenters. The van der Waals surface area contributed by atoms with Gasteiger partial charge in [-0.2, -0.15) is 0 Å². The summed E-state index contributed by atoms with van der Waals surface area (Å²) in [5, 5.41) is 2.69. The van der Waals surface area contributed by atoms with Gasteiger partial charge >= 0.3 is 0 Å². The summed E-state index contributed by atoms with van der Waals surface area (Å²) in [4.78, 5) is 11.9. The Morgan fingerprint density at radius 3 is 2.72 bits per heavy atom. The zero-order chi connectivity index (χ0) is 13.3. The van der Waals surface area contributed by atoms with Crippen LogP contribution in [0.25, 0.3) is 0 Å². The van der Waals surface area contributed by atoms with Gasteiger partial charge in [0, 0.05) is 12.1 Å². The molecule has 3 nitrogen and oxygen atoms in total. The zero-order valence-corrected chi connectivity index (χ0v) is 10.2. The fourth-order valence-electron chi connectivity index (χ4n) is 1.95. The van der Waals surface area contributed by atoms with Crippen LogP contribution in [0, 0.1) is 17.0 Å². The number of nitrogens with one attached hydrogen (secondary N) is 1. The molecule has 98 valence electrons. The maximum atomic E-state index is 13.5. The van der Waals surface area contributed by atoms with Gasteiger partial charge < -0.3 is 11.1 Å². The lowest BCUT2D eigenvalue weighted by Gasteiger charge is -2.19. The lowest BCUT2D eigenvalue weighted by molar-refractivity contribution is -0.126. The second kappa shape index (κ2) is 4.65. The number of nitrogens with two attached hydrogens (primary N) is 1. The predicted octanol–water partition coefficient (Wildman–Crippen LogP) is 1.88. The minimum Gasteiger partial charge on any atom is -0.349 e. The van der Waals surface area contributed by atoms with E-state index in [1.165, 1.54) is 0 Å². The maximum absolute atomic E-state index is 13.5. The highest BCUT2D eigenvalue weighted by Crippen LogP contribution is 2.45. The molecule has 2 rings (SSSR count). The van der Waals surface area contributed by atoms with E-state index < -0.39 is 23.1 Å². The molecule has 1 fully saturated rings. The molecule has 1 aromatic carbocycles. The Bertz CT molecular complexity index is 472. The predicted molar refractivity (Wildman–Crippen MR) is 63.6 cm³/mol. The molecular formula is C13H16F2N2O. The summed E-state index contributed by atoms with van der Waals surface area (Å²) in [6.07, 6.45) is 1.52. The summed E-state index contributed by atoms with van der Waals surface area (Å²) in [6.45, 7) is 1.92. The molecule has 1 aliphatic carbocycles. The van der Waals surface area contributed by atoms with E-state index in [1.807, 2.05) is 0 Å². The molecule has 1 aromatic rings. The number of halogens is 2. The molecule has 0 aromatic heterocycles. The van der Waals surface area contributed by atoms with Crippen molar-refractivity contribution in [3.8, 4) is 0 Å². The Morgan fingerprint density at radius 1 is 1.50 bits per heavy atom. The molecule has 1 saturated carbocycles. The van der Waals surface area contributed by atoms with Crippen molar-refractivity contribution in [2.75, 3.05) is 6.54 Å². The third-order valence-electron chi connectivity index (χ3n) is 3.50. The Labute approximate surface area is 104 Å². The lowest BCUT2D eigenvalue weighted by Crippen LogP contribution is -2.38. The lowest BCUT2D eigenvalue weighted by atomic mass is 10.0. The number of amides is 1. The van der Waals surface area contributed by atoms with E-state index in [0.717, 1.165) is 31.0 Å². The molecule has 0 bridgehead atoms. The Hall–Kier alpha value is -1.49. The molecule has 18 heavy (non-hydrogen) atoms. The van der Waals surface area contributed by atoms with Crippen LogP contribution in [0.3, 0.4) is 0 Å². The molecule has 0 spiro atoms.